The molecule has 12 nitrogen and oxygen atoms in total. The standard InChI is InChI=1S/C9H16N5O7P/c1-5(20-4-22(17,18)19)2-21-13-3-11-6-7(15)12-9(10)14(16)8(6)13/h3,5,9,16H,2,4,10H2,1H3,(H,12,15)(H2,17,18,19)/t5-,9?/m0/s1. The maximum Gasteiger partial charge on any atom is 0.350 e. The Balaban J connectivity index is 2.00. The van der Waals surface area contributed by atoms with Gasteiger partial charge in [-0.05, 0) is 6.92 Å². The minimum atomic E-state index is -4.26. The molecule has 2 rings (SSSR count). The second-order valence-electron chi connectivity index (χ2n) is 4.57. The van der Waals surface area contributed by atoms with Gasteiger partial charge in [-0.25, -0.2) is 4.98 Å². The molecule has 13 heteroatoms. The number of fused-ring (bicyclic) bond motifs is 1. The molecule has 0 saturated carbocycles. The Bertz CT molecular complexity index is 601. The van der Waals surface area contributed by atoms with Gasteiger partial charge in [0, 0.05) is 0 Å². The van der Waals surface area contributed by atoms with Gasteiger partial charge in [-0.1, -0.05) is 0 Å². The van der Waals surface area contributed by atoms with Crippen LogP contribution in [0.1, 0.15) is 17.4 Å². The van der Waals surface area contributed by atoms with Crippen LogP contribution in [-0.4, -0.2) is 56.0 Å². The van der Waals surface area contributed by atoms with Crippen molar-refractivity contribution in [1.82, 2.24) is 15.0 Å². The number of carbonyl (C=O) groups excluding carboxylic acids is 1. The number of nitrogens with zero attached hydrogens (tertiary/aromatic N) is 3. The SMILES string of the molecule is C[C@@H](COn1cnc2c1N(O)C(N)NC2=O)OCP(=O)(O)O. The first kappa shape index (κ1) is 16.7. The summed E-state index contributed by atoms with van der Waals surface area (Å²) in [6.07, 6.45) is -1.38. The summed E-state index contributed by atoms with van der Waals surface area (Å²) in [6.45, 7) is 1.43. The number of hydrogen-bond acceptors (Lipinski definition) is 8. The van der Waals surface area contributed by atoms with Crippen molar-refractivity contribution in [3.05, 3.63) is 12.0 Å². The summed E-state index contributed by atoms with van der Waals surface area (Å²) in [5.41, 5.74) is 5.42. The molecule has 1 aliphatic rings. The van der Waals surface area contributed by atoms with Crippen LogP contribution in [0.2, 0.25) is 0 Å². The molecule has 0 radical (unpaired) electrons. The summed E-state index contributed by atoms with van der Waals surface area (Å²) in [7, 11) is -4.26. The fourth-order valence-electron chi connectivity index (χ4n) is 1.64. The minimum Gasteiger partial charge on any atom is -0.408 e. The van der Waals surface area contributed by atoms with Gasteiger partial charge >= 0.3 is 7.60 Å². The third-order valence-corrected chi connectivity index (χ3v) is 3.15. The Morgan fingerprint density at radius 2 is 2.27 bits per heavy atom. The molecule has 0 aromatic carbocycles. The third kappa shape index (κ3) is 3.74. The predicted molar refractivity (Wildman–Crippen MR) is 70.8 cm³/mol. The van der Waals surface area contributed by atoms with Crippen LogP contribution in [0.4, 0.5) is 5.82 Å². The smallest absolute Gasteiger partial charge is 0.350 e. The molecule has 1 amide bonds. The number of aromatic nitrogens is 2. The Morgan fingerprint density at radius 3 is 2.91 bits per heavy atom. The number of hydrogen-bond donors (Lipinski definition) is 5. The summed E-state index contributed by atoms with van der Waals surface area (Å²) in [4.78, 5) is 38.1. The average Bonchev–Trinajstić information content (AvgIpc) is 2.84. The Morgan fingerprint density at radius 1 is 1.59 bits per heavy atom. The van der Waals surface area contributed by atoms with E-state index in [0.717, 1.165) is 11.1 Å². The van der Waals surface area contributed by atoms with Crippen molar-refractivity contribution in [1.29, 1.82) is 0 Å². The fourth-order valence-corrected chi connectivity index (χ4v) is 2.09. The van der Waals surface area contributed by atoms with Gasteiger partial charge < -0.3 is 24.7 Å². The van der Waals surface area contributed by atoms with Gasteiger partial charge in [0.25, 0.3) is 5.91 Å². The molecule has 0 bridgehead atoms. The van der Waals surface area contributed by atoms with Crippen molar-refractivity contribution in [2.24, 2.45) is 5.73 Å². The van der Waals surface area contributed by atoms with Crippen molar-refractivity contribution >= 4 is 19.3 Å². The number of ether oxygens (including phenoxy) is 1. The third-order valence-electron chi connectivity index (χ3n) is 2.66. The molecule has 0 aliphatic carbocycles. The van der Waals surface area contributed by atoms with Gasteiger partial charge in [0.2, 0.25) is 5.82 Å². The molecule has 0 spiro atoms. The number of rotatable bonds is 6. The summed E-state index contributed by atoms with van der Waals surface area (Å²) in [6, 6.07) is 0. The largest absolute Gasteiger partial charge is 0.408 e. The molecule has 22 heavy (non-hydrogen) atoms. The van der Waals surface area contributed by atoms with Crippen LogP contribution < -0.4 is 21.0 Å². The Kier molecular flexibility index (Phi) is 4.70. The van der Waals surface area contributed by atoms with E-state index in [9.17, 15) is 14.6 Å². The lowest BCUT2D eigenvalue weighted by Crippen LogP contribution is -2.57. The number of nitrogens with one attached hydrogen (secondary N) is 1. The van der Waals surface area contributed by atoms with E-state index < -0.39 is 32.2 Å². The molecule has 1 aromatic heterocycles. The second kappa shape index (κ2) is 6.20. The zero-order valence-corrected chi connectivity index (χ0v) is 12.4. The molecular weight excluding hydrogens is 321 g/mol. The molecule has 2 atom stereocenters. The normalized spacial score (nSPS) is 19.6. The predicted octanol–water partition coefficient (Wildman–Crippen LogP) is -1.97. The minimum absolute atomic E-state index is 0.0570. The number of imidazole rings is 1. The van der Waals surface area contributed by atoms with Crippen molar-refractivity contribution in [3.63, 3.8) is 0 Å². The average molecular weight is 337 g/mol. The fraction of sp³-hybridized carbons (Fsp3) is 0.556. The number of anilines is 1. The van der Waals surface area contributed by atoms with Crippen LogP contribution in [0.15, 0.2) is 6.33 Å². The second-order valence-corrected chi connectivity index (χ2v) is 6.16. The van der Waals surface area contributed by atoms with Crippen LogP contribution in [0, 0.1) is 0 Å². The van der Waals surface area contributed by atoms with Crippen LogP contribution in [0.25, 0.3) is 0 Å². The molecule has 0 saturated heterocycles. The number of carbonyl (C=O) groups is 1. The van der Waals surface area contributed by atoms with Gasteiger partial charge in [0.15, 0.2) is 12.0 Å². The van der Waals surface area contributed by atoms with E-state index in [2.05, 4.69) is 10.3 Å². The van der Waals surface area contributed by atoms with Gasteiger partial charge in [-0.2, -0.15) is 9.79 Å². The zero-order chi connectivity index (χ0) is 16.5. The Hall–Kier alpha value is -1.69. The number of hydroxylamine groups is 1. The summed E-state index contributed by atoms with van der Waals surface area (Å²) >= 11 is 0. The van der Waals surface area contributed by atoms with E-state index in [1.165, 1.54) is 6.92 Å². The quantitative estimate of drug-likeness (QED) is 0.367. The molecule has 0 fully saturated rings. The van der Waals surface area contributed by atoms with E-state index in [0.29, 0.717) is 5.06 Å². The molecular formula is C9H16N5O7P. The first-order chi connectivity index (χ1) is 10.2. The summed E-state index contributed by atoms with van der Waals surface area (Å²) in [5.74, 6) is -0.626. The molecule has 2 heterocycles. The molecule has 1 aromatic rings. The van der Waals surface area contributed by atoms with E-state index in [4.69, 9.17) is 25.1 Å². The van der Waals surface area contributed by atoms with E-state index >= 15 is 0 Å². The molecule has 1 aliphatic heterocycles. The highest BCUT2D eigenvalue weighted by atomic mass is 31.2. The Labute approximate surface area is 124 Å². The highest BCUT2D eigenvalue weighted by Crippen LogP contribution is 2.34. The number of amides is 1. The van der Waals surface area contributed by atoms with Crippen molar-refractivity contribution < 1.29 is 33.9 Å². The molecule has 1 unspecified atom stereocenters. The van der Waals surface area contributed by atoms with Crippen LogP contribution in [0.5, 0.6) is 0 Å². The van der Waals surface area contributed by atoms with Gasteiger partial charge in [-0.15, -0.1) is 0 Å². The topological polar surface area (TPSA) is 172 Å². The maximum atomic E-state index is 11.6. The van der Waals surface area contributed by atoms with E-state index in [1.807, 2.05) is 0 Å². The van der Waals surface area contributed by atoms with E-state index in [-0.39, 0.29) is 18.1 Å². The number of nitrogens with two attached hydrogens (primary N) is 1. The summed E-state index contributed by atoms with van der Waals surface area (Å²) < 4.78 is 16.6. The lowest BCUT2D eigenvalue weighted by Gasteiger charge is -2.29. The maximum absolute atomic E-state index is 11.6. The monoisotopic (exact) mass is 337 g/mol. The zero-order valence-electron chi connectivity index (χ0n) is 11.5. The highest BCUT2D eigenvalue weighted by Gasteiger charge is 2.33. The van der Waals surface area contributed by atoms with Crippen molar-refractivity contribution in [2.45, 2.75) is 19.3 Å². The first-order valence-electron chi connectivity index (χ1n) is 6.10. The highest BCUT2D eigenvalue weighted by molar-refractivity contribution is 7.51. The lowest BCUT2D eigenvalue weighted by atomic mass is 10.3. The van der Waals surface area contributed by atoms with Crippen LogP contribution >= 0.6 is 7.60 Å². The lowest BCUT2D eigenvalue weighted by molar-refractivity contribution is -0.00247. The van der Waals surface area contributed by atoms with Crippen molar-refractivity contribution in [3.8, 4) is 0 Å². The van der Waals surface area contributed by atoms with Gasteiger partial charge in [-0.3, -0.25) is 20.3 Å². The first-order valence-corrected chi connectivity index (χ1v) is 7.90. The van der Waals surface area contributed by atoms with Crippen LogP contribution in [0.3, 0.4) is 0 Å². The van der Waals surface area contributed by atoms with Crippen LogP contribution in [-0.2, 0) is 9.30 Å². The van der Waals surface area contributed by atoms with Crippen molar-refractivity contribution in [2.75, 3.05) is 18.0 Å². The summed E-state index contributed by atoms with van der Waals surface area (Å²) in [5, 5.41) is 12.7. The molecule has 6 N–H and O–H groups in total. The van der Waals surface area contributed by atoms with E-state index in [1.54, 1.807) is 0 Å². The van der Waals surface area contributed by atoms with Gasteiger partial charge in [0.1, 0.15) is 19.3 Å². The van der Waals surface area contributed by atoms with Gasteiger partial charge in [0.05, 0.1) is 6.10 Å². The molecule has 124 valence electrons.